The second-order valence-electron chi connectivity index (χ2n) is 3.46. The van der Waals surface area contributed by atoms with Crippen molar-refractivity contribution in [2.75, 3.05) is 18.1 Å². The van der Waals surface area contributed by atoms with Crippen LogP contribution in [0, 0.1) is 0 Å². The van der Waals surface area contributed by atoms with E-state index in [0.717, 1.165) is 13.1 Å². The molecule has 0 radical (unpaired) electrons. The Morgan fingerprint density at radius 3 is 2.69 bits per heavy atom. The lowest BCUT2D eigenvalue weighted by Gasteiger charge is -2.22. The van der Waals surface area contributed by atoms with Gasteiger partial charge in [-0.3, -0.25) is 0 Å². The van der Waals surface area contributed by atoms with Crippen LogP contribution in [0.5, 0.6) is 0 Å². The van der Waals surface area contributed by atoms with E-state index in [4.69, 9.17) is 0 Å². The van der Waals surface area contributed by atoms with E-state index >= 15 is 0 Å². The standard InChI is InChI=1S/C11H16N2/c1-3-7-11(8-4-1)13-10-6-2-5-9-12-13/h1,3-4,7-8,12H,2,5-6,9-10H2. The van der Waals surface area contributed by atoms with Crippen LogP contribution in [0.1, 0.15) is 19.3 Å². The summed E-state index contributed by atoms with van der Waals surface area (Å²) in [6, 6.07) is 10.5. The Morgan fingerprint density at radius 1 is 1.00 bits per heavy atom. The predicted molar refractivity (Wildman–Crippen MR) is 55.6 cm³/mol. The van der Waals surface area contributed by atoms with Gasteiger partial charge >= 0.3 is 0 Å². The summed E-state index contributed by atoms with van der Waals surface area (Å²) < 4.78 is 0. The van der Waals surface area contributed by atoms with E-state index in [1.807, 2.05) is 0 Å². The van der Waals surface area contributed by atoms with Crippen LogP contribution in [0.2, 0.25) is 0 Å². The summed E-state index contributed by atoms with van der Waals surface area (Å²) in [7, 11) is 0. The lowest BCUT2D eigenvalue weighted by atomic mass is 10.2. The first-order valence-corrected chi connectivity index (χ1v) is 5.03. The highest BCUT2D eigenvalue weighted by Crippen LogP contribution is 2.13. The minimum absolute atomic E-state index is 1.11. The van der Waals surface area contributed by atoms with Crippen LogP contribution in [-0.2, 0) is 0 Å². The topological polar surface area (TPSA) is 15.3 Å². The van der Waals surface area contributed by atoms with Gasteiger partial charge in [-0.15, -0.1) is 0 Å². The summed E-state index contributed by atoms with van der Waals surface area (Å²) in [5.74, 6) is 0. The molecule has 2 heteroatoms. The molecule has 0 spiro atoms. The maximum atomic E-state index is 3.43. The highest BCUT2D eigenvalue weighted by atomic mass is 15.5. The van der Waals surface area contributed by atoms with Crippen molar-refractivity contribution in [3.63, 3.8) is 0 Å². The molecule has 1 aliphatic rings. The first-order valence-electron chi connectivity index (χ1n) is 5.03. The lowest BCUT2D eigenvalue weighted by Crippen LogP contribution is -2.37. The second kappa shape index (κ2) is 4.28. The molecule has 1 saturated heterocycles. The minimum atomic E-state index is 1.11. The molecule has 1 heterocycles. The maximum Gasteiger partial charge on any atom is 0.0519 e. The summed E-state index contributed by atoms with van der Waals surface area (Å²) in [4.78, 5) is 0. The molecule has 0 aliphatic carbocycles. The molecule has 0 bridgehead atoms. The van der Waals surface area contributed by atoms with Crippen molar-refractivity contribution in [3.8, 4) is 0 Å². The van der Waals surface area contributed by atoms with Crippen LogP contribution in [0.3, 0.4) is 0 Å². The van der Waals surface area contributed by atoms with Crippen LogP contribution in [-0.4, -0.2) is 13.1 Å². The van der Waals surface area contributed by atoms with E-state index in [1.165, 1.54) is 24.9 Å². The number of benzene rings is 1. The largest absolute Gasteiger partial charge is 0.308 e. The van der Waals surface area contributed by atoms with Crippen LogP contribution >= 0.6 is 0 Å². The average molecular weight is 176 g/mol. The first kappa shape index (κ1) is 8.57. The van der Waals surface area contributed by atoms with Gasteiger partial charge in [-0.2, -0.15) is 0 Å². The predicted octanol–water partition coefficient (Wildman–Crippen LogP) is 2.18. The van der Waals surface area contributed by atoms with Gasteiger partial charge in [-0.05, 0) is 25.0 Å². The zero-order chi connectivity index (χ0) is 8.93. The number of hydrogen-bond donors (Lipinski definition) is 1. The third-order valence-electron chi connectivity index (χ3n) is 2.43. The van der Waals surface area contributed by atoms with Crippen molar-refractivity contribution in [2.24, 2.45) is 0 Å². The van der Waals surface area contributed by atoms with Gasteiger partial charge in [0.25, 0.3) is 0 Å². The molecule has 1 aliphatic heterocycles. The fourth-order valence-corrected chi connectivity index (χ4v) is 1.69. The smallest absolute Gasteiger partial charge is 0.0519 e. The molecular formula is C11H16N2. The Hall–Kier alpha value is -1.02. The maximum absolute atomic E-state index is 3.43. The highest BCUT2D eigenvalue weighted by Gasteiger charge is 2.07. The van der Waals surface area contributed by atoms with Gasteiger partial charge < -0.3 is 5.01 Å². The van der Waals surface area contributed by atoms with Gasteiger partial charge in [0.2, 0.25) is 0 Å². The van der Waals surface area contributed by atoms with E-state index in [0.29, 0.717) is 0 Å². The van der Waals surface area contributed by atoms with Gasteiger partial charge in [0, 0.05) is 13.1 Å². The Kier molecular flexibility index (Phi) is 2.82. The monoisotopic (exact) mass is 176 g/mol. The van der Waals surface area contributed by atoms with Crippen molar-refractivity contribution in [1.82, 2.24) is 5.43 Å². The third-order valence-corrected chi connectivity index (χ3v) is 2.43. The van der Waals surface area contributed by atoms with Crippen molar-refractivity contribution in [1.29, 1.82) is 0 Å². The van der Waals surface area contributed by atoms with Gasteiger partial charge in [0.05, 0.1) is 5.69 Å². The first-order chi connectivity index (χ1) is 6.47. The molecule has 0 unspecified atom stereocenters. The lowest BCUT2D eigenvalue weighted by molar-refractivity contribution is 0.661. The van der Waals surface area contributed by atoms with E-state index in [2.05, 4.69) is 40.8 Å². The Balaban J connectivity index is 2.06. The highest BCUT2D eigenvalue weighted by molar-refractivity contribution is 5.44. The molecule has 0 atom stereocenters. The van der Waals surface area contributed by atoms with Crippen LogP contribution < -0.4 is 10.4 Å². The van der Waals surface area contributed by atoms with Crippen LogP contribution in [0.15, 0.2) is 30.3 Å². The van der Waals surface area contributed by atoms with Crippen molar-refractivity contribution >= 4 is 5.69 Å². The number of hydrogen-bond acceptors (Lipinski definition) is 2. The number of hydrazine groups is 1. The molecule has 2 rings (SSSR count). The van der Waals surface area contributed by atoms with Gasteiger partial charge in [-0.25, -0.2) is 5.43 Å². The summed E-state index contributed by atoms with van der Waals surface area (Å²) in [5.41, 5.74) is 4.71. The summed E-state index contributed by atoms with van der Waals surface area (Å²) in [6.45, 7) is 2.24. The number of nitrogens with zero attached hydrogens (tertiary/aromatic N) is 1. The molecular weight excluding hydrogens is 160 g/mol. The van der Waals surface area contributed by atoms with Gasteiger partial charge in [0.1, 0.15) is 0 Å². The van der Waals surface area contributed by atoms with Gasteiger partial charge in [-0.1, -0.05) is 24.6 Å². The SMILES string of the molecule is c1ccc(N2CCCCCN2)cc1. The Bertz CT molecular complexity index is 238. The molecule has 0 amide bonds. The van der Waals surface area contributed by atoms with Crippen molar-refractivity contribution < 1.29 is 0 Å². The zero-order valence-electron chi connectivity index (χ0n) is 7.87. The summed E-state index contributed by atoms with van der Waals surface area (Å²) in [5, 5.41) is 2.26. The van der Waals surface area contributed by atoms with E-state index in [-0.39, 0.29) is 0 Å². The fraction of sp³-hybridized carbons (Fsp3) is 0.455. The van der Waals surface area contributed by atoms with Crippen LogP contribution in [0.25, 0.3) is 0 Å². The van der Waals surface area contributed by atoms with Crippen molar-refractivity contribution in [3.05, 3.63) is 30.3 Å². The molecule has 0 aromatic heterocycles. The molecule has 0 saturated carbocycles. The molecule has 1 aromatic rings. The molecule has 2 nitrogen and oxygen atoms in total. The number of anilines is 1. The molecule has 1 N–H and O–H groups in total. The van der Waals surface area contributed by atoms with E-state index in [1.54, 1.807) is 0 Å². The van der Waals surface area contributed by atoms with Crippen molar-refractivity contribution in [2.45, 2.75) is 19.3 Å². The normalized spacial score (nSPS) is 18.3. The van der Waals surface area contributed by atoms with E-state index in [9.17, 15) is 0 Å². The fourth-order valence-electron chi connectivity index (χ4n) is 1.69. The number of rotatable bonds is 1. The van der Waals surface area contributed by atoms with Crippen LogP contribution in [0.4, 0.5) is 5.69 Å². The number of nitrogens with one attached hydrogen (secondary N) is 1. The summed E-state index contributed by atoms with van der Waals surface area (Å²) >= 11 is 0. The third kappa shape index (κ3) is 2.22. The average Bonchev–Trinajstić information content (AvgIpc) is 2.47. The zero-order valence-corrected chi connectivity index (χ0v) is 7.87. The molecule has 1 fully saturated rings. The molecule has 70 valence electrons. The molecule has 1 aromatic carbocycles. The summed E-state index contributed by atoms with van der Waals surface area (Å²) in [6.07, 6.45) is 3.93. The molecule has 13 heavy (non-hydrogen) atoms. The van der Waals surface area contributed by atoms with Gasteiger partial charge in [0.15, 0.2) is 0 Å². The minimum Gasteiger partial charge on any atom is -0.308 e. The Labute approximate surface area is 79.5 Å². The quantitative estimate of drug-likeness (QED) is 0.705. The number of para-hydroxylation sites is 1. The Morgan fingerprint density at radius 2 is 1.85 bits per heavy atom. The van der Waals surface area contributed by atoms with E-state index < -0.39 is 0 Å². The second-order valence-corrected chi connectivity index (χ2v) is 3.46.